The number of benzene rings is 2. The zero-order chi connectivity index (χ0) is 20.0. The Morgan fingerprint density at radius 2 is 1.70 bits per heavy atom. The van der Waals surface area contributed by atoms with Crippen LogP contribution in [-0.4, -0.2) is 33.7 Å². The Labute approximate surface area is 169 Å². The van der Waals surface area contributed by atoms with Gasteiger partial charge >= 0.3 is 0 Å². The highest BCUT2D eigenvalue weighted by molar-refractivity contribution is 7.92. The summed E-state index contributed by atoms with van der Waals surface area (Å²) >= 11 is 11.8. The van der Waals surface area contributed by atoms with E-state index < -0.39 is 22.5 Å². The van der Waals surface area contributed by atoms with Crippen LogP contribution in [-0.2, 0) is 14.8 Å². The van der Waals surface area contributed by atoms with Gasteiger partial charge in [-0.1, -0.05) is 30.1 Å². The molecule has 0 atom stereocenters. The van der Waals surface area contributed by atoms with Crippen LogP contribution < -0.4 is 14.4 Å². The van der Waals surface area contributed by atoms with Crippen molar-refractivity contribution in [3.63, 3.8) is 0 Å². The Bertz CT molecular complexity index is 882. The van der Waals surface area contributed by atoms with Gasteiger partial charge in [0.25, 0.3) is 0 Å². The van der Waals surface area contributed by atoms with Gasteiger partial charge in [0, 0.05) is 15.7 Å². The van der Waals surface area contributed by atoms with Crippen molar-refractivity contribution in [1.29, 1.82) is 0 Å². The van der Waals surface area contributed by atoms with E-state index in [-0.39, 0.29) is 0 Å². The molecule has 0 radical (unpaired) electrons. The van der Waals surface area contributed by atoms with Crippen molar-refractivity contribution >= 4 is 50.5 Å². The standard InChI is InChI=1S/C18H20Cl2N2O4S/c1-3-8-26-17-6-4-16(5-7-17)22(27(2,24)25)12-18(23)21-15-10-13(19)9-14(20)11-15/h4-7,9-11H,3,8,12H2,1-2H3,(H,21,23). The third-order valence-electron chi connectivity index (χ3n) is 3.43. The number of carbonyl (C=O) groups is 1. The minimum absolute atomic E-state index is 0.362. The van der Waals surface area contributed by atoms with Crippen molar-refractivity contribution in [1.82, 2.24) is 0 Å². The zero-order valence-corrected chi connectivity index (χ0v) is 17.2. The molecular weight excluding hydrogens is 411 g/mol. The third kappa shape index (κ3) is 6.61. The van der Waals surface area contributed by atoms with Crippen LogP contribution in [0.25, 0.3) is 0 Å². The van der Waals surface area contributed by atoms with E-state index in [1.807, 2.05) is 6.92 Å². The van der Waals surface area contributed by atoms with Gasteiger partial charge in [0.2, 0.25) is 15.9 Å². The van der Waals surface area contributed by atoms with Gasteiger partial charge < -0.3 is 10.1 Å². The number of hydrogen-bond donors (Lipinski definition) is 1. The molecule has 146 valence electrons. The van der Waals surface area contributed by atoms with Crippen LogP contribution in [0.5, 0.6) is 5.75 Å². The monoisotopic (exact) mass is 430 g/mol. The average molecular weight is 431 g/mol. The summed E-state index contributed by atoms with van der Waals surface area (Å²) in [6.45, 7) is 2.17. The summed E-state index contributed by atoms with van der Waals surface area (Å²) in [5, 5.41) is 3.32. The van der Waals surface area contributed by atoms with Crippen LogP contribution in [0.1, 0.15) is 13.3 Å². The molecule has 0 saturated heterocycles. The van der Waals surface area contributed by atoms with Crippen LogP contribution in [0.4, 0.5) is 11.4 Å². The summed E-state index contributed by atoms with van der Waals surface area (Å²) in [7, 11) is -3.67. The fourth-order valence-corrected chi connectivity index (χ4v) is 3.67. The molecule has 0 bridgehead atoms. The molecule has 0 fully saturated rings. The molecular formula is C18H20Cl2N2O4S. The number of hydrogen-bond acceptors (Lipinski definition) is 4. The number of sulfonamides is 1. The van der Waals surface area contributed by atoms with Crippen LogP contribution in [0.2, 0.25) is 10.0 Å². The lowest BCUT2D eigenvalue weighted by Gasteiger charge is -2.22. The number of anilines is 2. The van der Waals surface area contributed by atoms with Crippen molar-refractivity contribution in [3.8, 4) is 5.75 Å². The van der Waals surface area contributed by atoms with Crippen molar-refractivity contribution in [2.24, 2.45) is 0 Å². The molecule has 0 aliphatic carbocycles. The summed E-state index contributed by atoms with van der Waals surface area (Å²) in [4.78, 5) is 12.3. The Balaban J connectivity index is 2.15. The Hall–Kier alpha value is -1.96. The molecule has 27 heavy (non-hydrogen) atoms. The van der Waals surface area contributed by atoms with Gasteiger partial charge in [-0.2, -0.15) is 0 Å². The number of nitrogens with one attached hydrogen (secondary N) is 1. The molecule has 0 heterocycles. The first-order valence-electron chi connectivity index (χ1n) is 8.15. The number of nitrogens with zero attached hydrogens (tertiary/aromatic N) is 1. The fraction of sp³-hybridized carbons (Fsp3) is 0.278. The quantitative estimate of drug-likeness (QED) is 0.680. The lowest BCUT2D eigenvalue weighted by atomic mass is 10.3. The molecule has 0 spiro atoms. The topological polar surface area (TPSA) is 75.7 Å². The predicted octanol–water partition coefficient (Wildman–Crippen LogP) is 4.19. The molecule has 1 amide bonds. The molecule has 9 heteroatoms. The summed E-state index contributed by atoms with van der Waals surface area (Å²) < 4.78 is 30.8. The molecule has 2 rings (SSSR count). The molecule has 6 nitrogen and oxygen atoms in total. The molecule has 2 aromatic carbocycles. The van der Waals surface area contributed by atoms with E-state index in [1.54, 1.807) is 24.3 Å². The van der Waals surface area contributed by atoms with Gasteiger partial charge in [0.05, 0.1) is 18.6 Å². The van der Waals surface area contributed by atoms with Gasteiger partial charge in [0.1, 0.15) is 12.3 Å². The molecule has 0 aliphatic rings. The second-order valence-electron chi connectivity index (χ2n) is 5.82. The maximum absolute atomic E-state index is 12.3. The largest absolute Gasteiger partial charge is 0.494 e. The molecule has 0 saturated carbocycles. The second-order valence-corrected chi connectivity index (χ2v) is 8.60. The van der Waals surface area contributed by atoms with E-state index in [4.69, 9.17) is 27.9 Å². The Kier molecular flexibility index (Phi) is 7.35. The number of amides is 1. The number of carbonyl (C=O) groups excluding carboxylic acids is 1. The average Bonchev–Trinajstić information content (AvgIpc) is 2.56. The van der Waals surface area contributed by atoms with Crippen molar-refractivity contribution in [2.75, 3.05) is 29.0 Å². The first-order valence-corrected chi connectivity index (χ1v) is 10.8. The summed E-state index contributed by atoms with van der Waals surface area (Å²) in [5.74, 6) is 0.108. The summed E-state index contributed by atoms with van der Waals surface area (Å²) in [6, 6.07) is 11.1. The van der Waals surface area contributed by atoms with Gasteiger partial charge in [-0.05, 0) is 48.9 Å². The van der Waals surface area contributed by atoms with Crippen LogP contribution >= 0.6 is 23.2 Å². The Morgan fingerprint density at radius 3 is 2.22 bits per heavy atom. The van der Waals surface area contributed by atoms with Crippen molar-refractivity contribution in [2.45, 2.75) is 13.3 Å². The first-order chi connectivity index (χ1) is 12.7. The fourth-order valence-electron chi connectivity index (χ4n) is 2.29. The van der Waals surface area contributed by atoms with E-state index in [2.05, 4.69) is 5.32 Å². The predicted molar refractivity (Wildman–Crippen MR) is 110 cm³/mol. The highest BCUT2D eigenvalue weighted by atomic mass is 35.5. The number of rotatable bonds is 8. The maximum atomic E-state index is 12.3. The molecule has 2 aromatic rings. The van der Waals surface area contributed by atoms with Crippen molar-refractivity contribution < 1.29 is 17.9 Å². The van der Waals surface area contributed by atoms with E-state index in [9.17, 15) is 13.2 Å². The second kappa shape index (κ2) is 9.30. The van der Waals surface area contributed by atoms with Gasteiger partial charge in [-0.25, -0.2) is 8.42 Å². The normalized spacial score (nSPS) is 11.1. The minimum atomic E-state index is -3.67. The summed E-state index contributed by atoms with van der Waals surface area (Å²) in [5.41, 5.74) is 0.745. The van der Waals surface area contributed by atoms with Gasteiger partial charge in [-0.3, -0.25) is 9.10 Å². The minimum Gasteiger partial charge on any atom is -0.494 e. The maximum Gasteiger partial charge on any atom is 0.245 e. The molecule has 0 aromatic heterocycles. The zero-order valence-electron chi connectivity index (χ0n) is 14.9. The Morgan fingerprint density at radius 1 is 1.11 bits per heavy atom. The summed E-state index contributed by atoms with van der Waals surface area (Å²) in [6.07, 6.45) is 1.91. The lowest BCUT2D eigenvalue weighted by molar-refractivity contribution is -0.114. The van der Waals surface area contributed by atoms with Crippen molar-refractivity contribution in [3.05, 3.63) is 52.5 Å². The van der Waals surface area contributed by atoms with E-state index in [1.165, 1.54) is 18.2 Å². The van der Waals surface area contributed by atoms with Crippen LogP contribution in [0.3, 0.4) is 0 Å². The first kappa shape index (κ1) is 21.3. The molecule has 0 aliphatic heterocycles. The number of ether oxygens (including phenoxy) is 1. The highest BCUT2D eigenvalue weighted by Gasteiger charge is 2.21. The SMILES string of the molecule is CCCOc1ccc(N(CC(=O)Nc2cc(Cl)cc(Cl)c2)S(C)(=O)=O)cc1. The van der Waals surface area contributed by atoms with E-state index in [0.717, 1.165) is 17.0 Å². The third-order valence-corrected chi connectivity index (χ3v) is 5.01. The number of halogens is 2. The van der Waals surface area contributed by atoms with E-state index in [0.29, 0.717) is 33.8 Å². The lowest BCUT2D eigenvalue weighted by Crippen LogP contribution is -2.37. The van der Waals surface area contributed by atoms with Crippen LogP contribution in [0, 0.1) is 0 Å². The van der Waals surface area contributed by atoms with Crippen LogP contribution in [0.15, 0.2) is 42.5 Å². The van der Waals surface area contributed by atoms with Gasteiger partial charge in [-0.15, -0.1) is 0 Å². The highest BCUT2D eigenvalue weighted by Crippen LogP contribution is 2.24. The van der Waals surface area contributed by atoms with Gasteiger partial charge in [0.15, 0.2) is 0 Å². The van der Waals surface area contributed by atoms with E-state index >= 15 is 0 Å². The smallest absolute Gasteiger partial charge is 0.245 e. The molecule has 1 N–H and O–H groups in total. The molecule has 0 unspecified atom stereocenters.